The van der Waals surface area contributed by atoms with Crippen LogP contribution in [0.15, 0.2) is 46.7 Å². The maximum Gasteiger partial charge on any atom is 0.327 e. The summed E-state index contributed by atoms with van der Waals surface area (Å²) in [5, 5.41) is 10.7. The fourth-order valence-electron chi connectivity index (χ4n) is 1.57. The maximum absolute atomic E-state index is 13.5. The van der Waals surface area contributed by atoms with E-state index in [1.165, 1.54) is 18.2 Å². The summed E-state index contributed by atoms with van der Waals surface area (Å²) in [4.78, 5) is 10.9. The highest BCUT2D eigenvalue weighted by molar-refractivity contribution is 7.89. The highest BCUT2D eigenvalue weighted by Gasteiger charge is 2.29. The van der Waals surface area contributed by atoms with Crippen LogP contribution in [-0.2, 0) is 14.8 Å². The lowest BCUT2D eigenvalue weighted by Crippen LogP contribution is -2.33. The number of benzene rings is 1. The number of sulfonamides is 1. The Labute approximate surface area is 118 Å². The Balaban J connectivity index is 2.36. The summed E-state index contributed by atoms with van der Waals surface area (Å²) in [7, 11) is -4.26. The molecule has 0 saturated carbocycles. The zero-order chi connectivity index (χ0) is 14.8. The summed E-state index contributed by atoms with van der Waals surface area (Å²) < 4.78 is 39.6. The molecule has 1 aromatic heterocycles. The van der Waals surface area contributed by atoms with Gasteiger partial charge in [-0.3, -0.25) is 4.79 Å². The molecule has 1 heterocycles. The fraction of sp³-hybridized carbons (Fsp3) is 0.0833. The van der Waals surface area contributed by atoms with E-state index < -0.39 is 32.7 Å². The lowest BCUT2D eigenvalue weighted by atomic mass is 10.3. The molecule has 0 amide bonds. The molecule has 8 heteroatoms. The van der Waals surface area contributed by atoms with Crippen LogP contribution in [0.1, 0.15) is 10.9 Å². The predicted molar refractivity (Wildman–Crippen MR) is 71.4 cm³/mol. The van der Waals surface area contributed by atoms with Gasteiger partial charge in [-0.15, -0.1) is 11.3 Å². The number of nitrogens with one attached hydrogen (secondary N) is 1. The Bertz CT molecular complexity index is 713. The number of halogens is 1. The number of carbonyl (C=O) groups is 1. The summed E-state index contributed by atoms with van der Waals surface area (Å²) in [6, 6.07) is 6.43. The number of thiophene rings is 1. The molecule has 0 aliphatic carbocycles. The van der Waals surface area contributed by atoms with Gasteiger partial charge in [0.05, 0.1) is 0 Å². The van der Waals surface area contributed by atoms with Gasteiger partial charge in [0.2, 0.25) is 10.0 Å². The largest absolute Gasteiger partial charge is 0.480 e. The molecule has 1 aromatic carbocycles. The minimum Gasteiger partial charge on any atom is -0.480 e. The number of carboxylic acid groups (broad SMARTS) is 1. The summed E-state index contributed by atoms with van der Waals surface area (Å²) in [6.07, 6.45) is 0. The van der Waals surface area contributed by atoms with Crippen LogP contribution in [-0.4, -0.2) is 19.5 Å². The number of aliphatic carboxylic acids is 1. The first kappa shape index (κ1) is 14.6. The third-order valence-electron chi connectivity index (χ3n) is 2.47. The van der Waals surface area contributed by atoms with Crippen molar-refractivity contribution in [3.63, 3.8) is 0 Å². The van der Waals surface area contributed by atoms with Crippen molar-refractivity contribution >= 4 is 27.3 Å². The van der Waals surface area contributed by atoms with Crippen LogP contribution >= 0.6 is 11.3 Å². The van der Waals surface area contributed by atoms with Crippen molar-refractivity contribution in [2.75, 3.05) is 0 Å². The zero-order valence-electron chi connectivity index (χ0n) is 9.99. The smallest absolute Gasteiger partial charge is 0.327 e. The Morgan fingerprint density at radius 3 is 2.50 bits per heavy atom. The number of rotatable bonds is 5. The van der Waals surface area contributed by atoms with E-state index in [0.717, 1.165) is 23.5 Å². The minimum absolute atomic E-state index is 0.317. The van der Waals surface area contributed by atoms with Gasteiger partial charge in [0.25, 0.3) is 0 Å². The van der Waals surface area contributed by atoms with Crippen molar-refractivity contribution in [3.8, 4) is 0 Å². The number of carboxylic acids is 1. The van der Waals surface area contributed by atoms with Gasteiger partial charge in [0, 0.05) is 4.88 Å². The van der Waals surface area contributed by atoms with Gasteiger partial charge in [0.1, 0.15) is 10.7 Å². The highest BCUT2D eigenvalue weighted by atomic mass is 32.2. The summed E-state index contributed by atoms with van der Waals surface area (Å²) in [5.74, 6) is -2.29. The summed E-state index contributed by atoms with van der Waals surface area (Å²) in [5.41, 5.74) is 0. The first-order chi connectivity index (χ1) is 9.42. The molecule has 1 unspecified atom stereocenters. The molecular formula is C12H10FNO4S2. The standard InChI is InChI=1S/C12H10FNO4S2/c13-8-4-1-2-6-10(8)20(17,18)14-11(12(15)16)9-5-3-7-19-9/h1-7,11,14H,(H,15,16). The predicted octanol–water partition coefficient (Wildman–Crippen LogP) is 1.99. The lowest BCUT2D eigenvalue weighted by molar-refractivity contribution is -0.139. The summed E-state index contributed by atoms with van der Waals surface area (Å²) >= 11 is 1.10. The number of hydrogen-bond donors (Lipinski definition) is 2. The van der Waals surface area contributed by atoms with Crippen LogP contribution in [0.2, 0.25) is 0 Å². The lowest BCUT2D eigenvalue weighted by Gasteiger charge is -2.13. The average Bonchev–Trinajstić information content (AvgIpc) is 2.89. The molecule has 106 valence electrons. The molecule has 0 bridgehead atoms. The van der Waals surface area contributed by atoms with Crippen LogP contribution in [0.3, 0.4) is 0 Å². The quantitative estimate of drug-likeness (QED) is 0.884. The van der Waals surface area contributed by atoms with Crippen molar-refractivity contribution in [2.24, 2.45) is 0 Å². The molecule has 1 atom stereocenters. The Hall–Kier alpha value is -1.77. The molecule has 0 radical (unpaired) electrons. The van der Waals surface area contributed by atoms with Gasteiger partial charge in [-0.1, -0.05) is 18.2 Å². The van der Waals surface area contributed by atoms with Gasteiger partial charge >= 0.3 is 5.97 Å². The van der Waals surface area contributed by atoms with Gasteiger partial charge < -0.3 is 5.11 Å². The van der Waals surface area contributed by atoms with Crippen molar-refractivity contribution in [1.82, 2.24) is 4.72 Å². The minimum atomic E-state index is -4.26. The molecule has 2 N–H and O–H groups in total. The second kappa shape index (κ2) is 5.70. The molecule has 5 nitrogen and oxygen atoms in total. The number of hydrogen-bond acceptors (Lipinski definition) is 4. The van der Waals surface area contributed by atoms with E-state index in [1.807, 2.05) is 4.72 Å². The molecule has 2 rings (SSSR count). The second-order valence-corrected chi connectivity index (χ2v) is 6.50. The molecule has 0 aliphatic rings. The van der Waals surface area contributed by atoms with Crippen LogP contribution < -0.4 is 4.72 Å². The second-order valence-electron chi connectivity index (χ2n) is 3.84. The van der Waals surface area contributed by atoms with Crippen molar-refractivity contribution < 1.29 is 22.7 Å². The van der Waals surface area contributed by atoms with Gasteiger partial charge in [-0.05, 0) is 23.6 Å². The van der Waals surface area contributed by atoms with Crippen LogP contribution in [0.25, 0.3) is 0 Å². The van der Waals surface area contributed by atoms with E-state index in [-0.39, 0.29) is 0 Å². The molecule has 0 spiro atoms. The first-order valence-corrected chi connectivity index (χ1v) is 7.81. The zero-order valence-corrected chi connectivity index (χ0v) is 11.6. The monoisotopic (exact) mass is 315 g/mol. The van der Waals surface area contributed by atoms with Gasteiger partial charge in [-0.25, -0.2) is 12.8 Å². The van der Waals surface area contributed by atoms with E-state index in [9.17, 15) is 17.6 Å². The van der Waals surface area contributed by atoms with Gasteiger partial charge in [0.15, 0.2) is 6.04 Å². The van der Waals surface area contributed by atoms with Crippen molar-refractivity contribution in [3.05, 3.63) is 52.5 Å². The molecule has 0 fully saturated rings. The van der Waals surface area contributed by atoms with E-state index in [4.69, 9.17) is 5.11 Å². The van der Waals surface area contributed by atoms with E-state index in [1.54, 1.807) is 11.4 Å². The molecule has 2 aromatic rings. The SMILES string of the molecule is O=C(O)C(NS(=O)(=O)c1ccccc1F)c1cccs1. The average molecular weight is 315 g/mol. The van der Waals surface area contributed by atoms with Crippen molar-refractivity contribution in [1.29, 1.82) is 0 Å². The Morgan fingerprint density at radius 1 is 1.25 bits per heavy atom. The molecule has 20 heavy (non-hydrogen) atoms. The Kier molecular flexibility index (Phi) is 4.17. The maximum atomic E-state index is 13.5. The first-order valence-electron chi connectivity index (χ1n) is 5.45. The van der Waals surface area contributed by atoms with Crippen LogP contribution in [0, 0.1) is 5.82 Å². The fourth-order valence-corrected chi connectivity index (χ4v) is 3.66. The van der Waals surface area contributed by atoms with E-state index in [2.05, 4.69) is 0 Å². The normalized spacial score (nSPS) is 13.1. The third-order valence-corrected chi connectivity index (χ3v) is 4.87. The third kappa shape index (κ3) is 3.03. The molecule has 0 aliphatic heterocycles. The molecule has 0 saturated heterocycles. The highest BCUT2D eigenvalue weighted by Crippen LogP contribution is 2.22. The molecular weight excluding hydrogens is 305 g/mol. The van der Waals surface area contributed by atoms with E-state index >= 15 is 0 Å². The topological polar surface area (TPSA) is 83.5 Å². The summed E-state index contributed by atoms with van der Waals surface area (Å²) in [6.45, 7) is 0. The van der Waals surface area contributed by atoms with E-state index in [0.29, 0.717) is 4.88 Å². The van der Waals surface area contributed by atoms with Gasteiger partial charge in [-0.2, -0.15) is 4.72 Å². The Morgan fingerprint density at radius 2 is 1.95 bits per heavy atom. The van der Waals surface area contributed by atoms with Crippen LogP contribution in [0.5, 0.6) is 0 Å². The van der Waals surface area contributed by atoms with Crippen molar-refractivity contribution in [2.45, 2.75) is 10.9 Å². The van der Waals surface area contributed by atoms with Crippen LogP contribution in [0.4, 0.5) is 4.39 Å².